The molecule has 15 heavy (non-hydrogen) atoms. The molecule has 0 bridgehead atoms. The van der Waals surface area contributed by atoms with Gasteiger partial charge in [-0.1, -0.05) is 0 Å². The van der Waals surface area contributed by atoms with E-state index in [9.17, 15) is 4.79 Å². The fourth-order valence-corrected chi connectivity index (χ4v) is 1.34. The van der Waals surface area contributed by atoms with E-state index in [2.05, 4.69) is 15.4 Å². The molecule has 0 spiro atoms. The maximum absolute atomic E-state index is 11.1. The molecule has 1 aliphatic rings. The van der Waals surface area contributed by atoms with E-state index in [0.717, 1.165) is 19.7 Å². The number of nitrogens with one attached hydrogen (secondary N) is 2. The van der Waals surface area contributed by atoms with E-state index in [1.54, 1.807) is 0 Å². The fraction of sp³-hybridized carbons (Fsp3) is 0.889. The van der Waals surface area contributed by atoms with Crippen molar-refractivity contribution in [1.29, 1.82) is 0 Å². The maximum Gasteiger partial charge on any atom is 0.246 e. The second-order valence-corrected chi connectivity index (χ2v) is 3.43. The summed E-state index contributed by atoms with van der Waals surface area (Å²) in [5.74, 6) is 0.0823. The van der Waals surface area contributed by atoms with Crippen molar-refractivity contribution < 1.29 is 19.4 Å². The lowest BCUT2D eigenvalue weighted by Gasteiger charge is -2.14. The minimum absolute atomic E-state index is 0.0997. The molecule has 1 rings (SSSR count). The predicted octanol–water partition coefficient (Wildman–Crippen LogP) is -1.69. The molecular formula is C9H18N2O4. The molecule has 0 saturated carbocycles. The highest BCUT2D eigenvalue weighted by atomic mass is 16.6. The standard InChI is InChI=1S/C9H18N2O4/c12-7-15-6-9(13)11-4-8-3-10-1-2-14-5-8/h8,10,12H,1-7H2,(H,11,13). The zero-order chi connectivity index (χ0) is 10.9. The molecule has 6 nitrogen and oxygen atoms in total. The van der Waals surface area contributed by atoms with Gasteiger partial charge in [-0.15, -0.1) is 0 Å². The van der Waals surface area contributed by atoms with Gasteiger partial charge < -0.3 is 25.2 Å². The zero-order valence-corrected chi connectivity index (χ0v) is 8.70. The third-order valence-electron chi connectivity index (χ3n) is 2.12. The third-order valence-corrected chi connectivity index (χ3v) is 2.12. The summed E-state index contributed by atoms with van der Waals surface area (Å²) in [5, 5.41) is 14.3. The van der Waals surface area contributed by atoms with E-state index in [-0.39, 0.29) is 12.5 Å². The highest BCUT2D eigenvalue weighted by Crippen LogP contribution is 1.97. The number of carbonyl (C=O) groups excluding carboxylic acids is 1. The van der Waals surface area contributed by atoms with Gasteiger partial charge >= 0.3 is 0 Å². The summed E-state index contributed by atoms with van der Waals surface area (Å²) in [7, 11) is 0. The Bertz CT molecular complexity index is 181. The SMILES string of the molecule is O=C(COCO)NCC1CNCCOC1. The van der Waals surface area contributed by atoms with Crippen molar-refractivity contribution in [3.63, 3.8) is 0 Å². The number of aliphatic hydroxyl groups excluding tert-OH is 1. The summed E-state index contributed by atoms with van der Waals surface area (Å²) in [5.41, 5.74) is 0. The molecule has 0 aromatic heterocycles. The van der Waals surface area contributed by atoms with Gasteiger partial charge in [-0.3, -0.25) is 4.79 Å². The first kappa shape index (κ1) is 12.4. The summed E-state index contributed by atoms with van der Waals surface area (Å²) in [4.78, 5) is 11.1. The van der Waals surface area contributed by atoms with Gasteiger partial charge in [0, 0.05) is 25.6 Å². The Morgan fingerprint density at radius 1 is 1.67 bits per heavy atom. The minimum Gasteiger partial charge on any atom is -0.380 e. The van der Waals surface area contributed by atoms with Crippen molar-refractivity contribution in [1.82, 2.24) is 10.6 Å². The summed E-state index contributed by atoms with van der Waals surface area (Å²) < 4.78 is 9.89. The molecule has 0 radical (unpaired) electrons. The fourth-order valence-electron chi connectivity index (χ4n) is 1.34. The molecule has 1 saturated heterocycles. The molecule has 1 fully saturated rings. The topological polar surface area (TPSA) is 79.8 Å². The van der Waals surface area contributed by atoms with Crippen molar-refractivity contribution in [2.45, 2.75) is 0 Å². The molecule has 0 aliphatic carbocycles. The molecule has 1 unspecified atom stereocenters. The maximum atomic E-state index is 11.1. The molecule has 88 valence electrons. The lowest BCUT2D eigenvalue weighted by atomic mass is 10.1. The van der Waals surface area contributed by atoms with Crippen LogP contribution in [0.25, 0.3) is 0 Å². The average molecular weight is 218 g/mol. The summed E-state index contributed by atoms with van der Waals surface area (Å²) in [6.07, 6.45) is 0. The summed E-state index contributed by atoms with van der Waals surface area (Å²) in [6, 6.07) is 0. The van der Waals surface area contributed by atoms with Crippen LogP contribution in [0.1, 0.15) is 0 Å². The molecule has 0 aromatic rings. The Morgan fingerprint density at radius 2 is 2.53 bits per heavy atom. The van der Waals surface area contributed by atoms with Crippen LogP contribution in [0.2, 0.25) is 0 Å². The first-order chi connectivity index (χ1) is 7.33. The first-order valence-corrected chi connectivity index (χ1v) is 5.06. The molecule has 1 aliphatic heterocycles. The van der Waals surface area contributed by atoms with Gasteiger partial charge in [-0.2, -0.15) is 0 Å². The average Bonchev–Trinajstić information content (AvgIpc) is 2.51. The van der Waals surface area contributed by atoms with Crippen molar-refractivity contribution in [3.8, 4) is 0 Å². The molecular weight excluding hydrogens is 200 g/mol. The largest absolute Gasteiger partial charge is 0.380 e. The van der Waals surface area contributed by atoms with Crippen molar-refractivity contribution >= 4 is 5.91 Å². The van der Waals surface area contributed by atoms with Crippen LogP contribution in [0.4, 0.5) is 0 Å². The molecule has 1 heterocycles. The highest BCUT2D eigenvalue weighted by molar-refractivity contribution is 5.77. The van der Waals surface area contributed by atoms with Crippen molar-refractivity contribution in [2.24, 2.45) is 5.92 Å². The van der Waals surface area contributed by atoms with Gasteiger partial charge in [-0.05, 0) is 0 Å². The van der Waals surface area contributed by atoms with Crippen LogP contribution >= 0.6 is 0 Å². The normalized spacial score (nSPS) is 22.1. The molecule has 3 N–H and O–H groups in total. The van der Waals surface area contributed by atoms with E-state index in [0.29, 0.717) is 19.1 Å². The first-order valence-electron chi connectivity index (χ1n) is 5.06. The van der Waals surface area contributed by atoms with Gasteiger partial charge in [-0.25, -0.2) is 0 Å². The van der Waals surface area contributed by atoms with E-state index >= 15 is 0 Å². The quantitative estimate of drug-likeness (QED) is 0.480. The molecule has 6 heteroatoms. The number of ether oxygens (including phenoxy) is 2. The molecule has 0 aromatic carbocycles. The Hall–Kier alpha value is -0.690. The van der Waals surface area contributed by atoms with Crippen LogP contribution in [0.3, 0.4) is 0 Å². The van der Waals surface area contributed by atoms with Crippen molar-refractivity contribution in [3.05, 3.63) is 0 Å². The Balaban J connectivity index is 2.09. The van der Waals surface area contributed by atoms with Gasteiger partial charge in [0.15, 0.2) is 0 Å². The van der Waals surface area contributed by atoms with Crippen LogP contribution in [0.15, 0.2) is 0 Å². The minimum atomic E-state index is -0.429. The van der Waals surface area contributed by atoms with E-state index in [1.165, 1.54) is 0 Å². The number of carbonyl (C=O) groups is 1. The van der Waals surface area contributed by atoms with Crippen LogP contribution in [0.5, 0.6) is 0 Å². The number of amides is 1. The van der Waals surface area contributed by atoms with E-state index < -0.39 is 6.79 Å². The van der Waals surface area contributed by atoms with Gasteiger partial charge in [0.1, 0.15) is 13.4 Å². The molecule has 1 atom stereocenters. The zero-order valence-electron chi connectivity index (χ0n) is 8.70. The predicted molar refractivity (Wildman–Crippen MR) is 53.2 cm³/mol. The number of rotatable bonds is 5. The third kappa shape index (κ3) is 5.68. The van der Waals surface area contributed by atoms with Crippen molar-refractivity contribution in [2.75, 3.05) is 46.2 Å². The number of hydrogen-bond donors (Lipinski definition) is 3. The highest BCUT2D eigenvalue weighted by Gasteiger charge is 2.13. The van der Waals surface area contributed by atoms with Crippen LogP contribution in [0, 0.1) is 5.92 Å². The Labute approximate surface area is 88.9 Å². The lowest BCUT2D eigenvalue weighted by Crippen LogP contribution is -2.36. The smallest absolute Gasteiger partial charge is 0.246 e. The number of aliphatic hydroxyl groups is 1. The van der Waals surface area contributed by atoms with Gasteiger partial charge in [0.25, 0.3) is 0 Å². The lowest BCUT2D eigenvalue weighted by molar-refractivity contribution is -0.129. The van der Waals surface area contributed by atoms with E-state index in [4.69, 9.17) is 9.84 Å². The van der Waals surface area contributed by atoms with Crippen LogP contribution < -0.4 is 10.6 Å². The Morgan fingerprint density at radius 3 is 3.33 bits per heavy atom. The number of hydrogen-bond acceptors (Lipinski definition) is 5. The van der Waals surface area contributed by atoms with Crippen LogP contribution in [-0.2, 0) is 14.3 Å². The molecule has 1 amide bonds. The Kier molecular flexibility index (Phi) is 6.26. The van der Waals surface area contributed by atoms with Gasteiger partial charge in [0.2, 0.25) is 5.91 Å². The van der Waals surface area contributed by atoms with E-state index in [1.807, 2.05) is 0 Å². The summed E-state index contributed by atoms with van der Waals surface area (Å²) in [6.45, 7) is 3.13. The van der Waals surface area contributed by atoms with Crippen LogP contribution in [-0.4, -0.2) is 57.3 Å². The second-order valence-electron chi connectivity index (χ2n) is 3.43. The summed E-state index contributed by atoms with van der Waals surface area (Å²) >= 11 is 0. The monoisotopic (exact) mass is 218 g/mol. The van der Waals surface area contributed by atoms with Gasteiger partial charge in [0.05, 0.1) is 13.2 Å². The second kappa shape index (κ2) is 7.58.